The summed E-state index contributed by atoms with van der Waals surface area (Å²) in [5.41, 5.74) is -0.00271. The van der Waals surface area contributed by atoms with Crippen molar-refractivity contribution in [1.29, 1.82) is 0 Å². The van der Waals surface area contributed by atoms with Crippen LogP contribution in [0.1, 0.15) is 39.4 Å². The van der Waals surface area contributed by atoms with E-state index in [1.807, 2.05) is 6.92 Å². The molecule has 132 valence electrons. The molecule has 1 aromatic rings. The van der Waals surface area contributed by atoms with Crippen molar-refractivity contribution in [2.75, 3.05) is 12.8 Å². The van der Waals surface area contributed by atoms with E-state index < -0.39 is 21.8 Å². The third-order valence-electron chi connectivity index (χ3n) is 2.56. The van der Waals surface area contributed by atoms with Crippen LogP contribution in [0.15, 0.2) is 10.7 Å². The number of halogens is 1. The molecule has 1 aromatic heterocycles. The van der Waals surface area contributed by atoms with Gasteiger partial charge in [-0.25, -0.2) is 4.79 Å². The molecule has 1 N–H and O–H groups in total. The number of carbonyl (C=O) groups excluding carboxylic acids is 1. The summed E-state index contributed by atoms with van der Waals surface area (Å²) < 4.78 is 34.3. The van der Waals surface area contributed by atoms with Crippen molar-refractivity contribution in [1.82, 2.24) is 15.1 Å². The van der Waals surface area contributed by atoms with Crippen molar-refractivity contribution >= 4 is 32.1 Å². The molecule has 1 heterocycles. The molecular formula is C13H22BrN3O5S. The van der Waals surface area contributed by atoms with E-state index in [9.17, 15) is 13.2 Å². The second-order valence-corrected chi connectivity index (χ2v) is 8.56. The second kappa shape index (κ2) is 7.63. The van der Waals surface area contributed by atoms with Crippen LogP contribution in [0.3, 0.4) is 0 Å². The summed E-state index contributed by atoms with van der Waals surface area (Å²) in [6.07, 6.45) is 0.459. The Morgan fingerprint density at radius 1 is 1.48 bits per heavy atom. The fourth-order valence-corrected chi connectivity index (χ4v) is 2.46. The first-order valence-electron chi connectivity index (χ1n) is 6.92. The summed E-state index contributed by atoms with van der Waals surface area (Å²) in [6, 6.07) is 1.45. The molecular weight excluding hydrogens is 390 g/mol. The summed E-state index contributed by atoms with van der Waals surface area (Å²) >= 11 is 3.24. The molecule has 0 aliphatic rings. The number of hydrogen-bond donors (Lipinski definition) is 1. The third kappa shape index (κ3) is 7.80. The van der Waals surface area contributed by atoms with Gasteiger partial charge in [0.15, 0.2) is 0 Å². The van der Waals surface area contributed by atoms with Gasteiger partial charge < -0.3 is 10.1 Å². The average molecular weight is 412 g/mol. The van der Waals surface area contributed by atoms with Gasteiger partial charge in [-0.3, -0.25) is 8.86 Å². The predicted octanol–water partition coefficient (Wildman–Crippen LogP) is 2.21. The highest BCUT2D eigenvalue weighted by atomic mass is 79.9. The van der Waals surface area contributed by atoms with Gasteiger partial charge in [-0.2, -0.15) is 13.5 Å². The zero-order chi connectivity index (χ0) is 17.8. The van der Waals surface area contributed by atoms with Crippen LogP contribution in [0.5, 0.6) is 0 Å². The third-order valence-corrected chi connectivity index (χ3v) is 3.50. The van der Waals surface area contributed by atoms with Crippen LogP contribution in [-0.2, 0) is 25.6 Å². The Balaban J connectivity index is 2.69. The Morgan fingerprint density at radius 3 is 2.61 bits per heavy atom. The maximum Gasteiger partial charge on any atom is 0.407 e. The average Bonchev–Trinajstić information content (AvgIpc) is 2.72. The van der Waals surface area contributed by atoms with Gasteiger partial charge in [0.05, 0.1) is 18.0 Å². The largest absolute Gasteiger partial charge is 0.444 e. The van der Waals surface area contributed by atoms with Crippen molar-refractivity contribution in [3.05, 3.63) is 16.4 Å². The lowest BCUT2D eigenvalue weighted by Gasteiger charge is -2.21. The summed E-state index contributed by atoms with van der Waals surface area (Å²) in [7, 11) is -3.55. The van der Waals surface area contributed by atoms with Crippen LogP contribution in [0.25, 0.3) is 0 Å². The molecule has 0 fully saturated rings. The van der Waals surface area contributed by atoms with Gasteiger partial charge in [0.25, 0.3) is 10.1 Å². The van der Waals surface area contributed by atoms with E-state index in [-0.39, 0.29) is 19.2 Å². The number of carbonyl (C=O) groups is 1. The Hall–Kier alpha value is -1.13. The maximum absolute atomic E-state index is 11.7. The highest BCUT2D eigenvalue weighted by Gasteiger charge is 2.19. The zero-order valence-electron chi connectivity index (χ0n) is 13.8. The SMILES string of the molecule is C[C@H](CNC(=O)OC(C)(C)C)n1nc(Br)cc1COS(C)(=O)=O. The van der Waals surface area contributed by atoms with Crippen molar-refractivity contribution in [3.8, 4) is 0 Å². The molecule has 0 aromatic carbocycles. The highest BCUT2D eigenvalue weighted by Crippen LogP contribution is 2.17. The van der Waals surface area contributed by atoms with E-state index in [0.717, 1.165) is 6.26 Å². The molecule has 8 nitrogen and oxygen atoms in total. The van der Waals surface area contributed by atoms with E-state index in [0.29, 0.717) is 10.3 Å². The van der Waals surface area contributed by atoms with Crippen LogP contribution in [-0.4, -0.2) is 42.7 Å². The minimum absolute atomic E-state index is 0.131. The molecule has 0 unspecified atom stereocenters. The van der Waals surface area contributed by atoms with Crippen LogP contribution in [0, 0.1) is 0 Å². The van der Waals surface area contributed by atoms with Gasteiger partial charge in [-0.1, -0.05) is 0 Å². The quantitative estimate of drug-likeness (QED) is 0.720. The molecule has 0 radical (unpaired) electrons. The molecule has 1 amide bonds. The van der Waals surface area contributed by atoms with Gasteiger partial charge in [0.1, 0.15) is 16.8 Å². The molecule has 0 spiro atoms. The molecule has 0 aliphatic heterocycles. The molecule has 0 saturated heterocycles. The summed E-state index contributed by atoms with van der Waals surface area (Å²) in [5, 5.41) is 6.88. The van der Waals surface area contributed by atoms with E-state index in [4.69, 9.17) is 8.92 Å². The molecule has 1 rings (SSSR count). The van der Waals surface area contributed by atoms with E-state index in [2.05, 4.69) is 26.3 Å². The highest BCUT2D eigenvalue weighted by molar-refractivity contribution is 9.10. The standard InChI is InChI=1S/C13H22BrN3O5S/c1-9(7-15-12(18)22-13(2,3)4)17-10(6-11(14)16-17)8-21-23(5,19)20/h6,9H,7-8H2,1-5H3,(H,15,18)/t9-/m1/s1. The van der Waals surface area contributed by atoms with E-state index in [1.54, 1.807) is 31.5 Å². The van der Waals surface area contributed by atoms with Crippen LogP contribution in [0.4, 0.5) is 4.79 Å². The number of nitrogens with zero attached hydrogens (tertiary/aromatic N) is 2. The van der Waals surface area contributed by atoms with Crippen LogP contribution >= 0.6 is 15.9 Å². The number of aromatic nitrogens is 2. The van der Waals surface area contributed by atoms with Gasteiger partial charge in [0.2, 0.25) is 0 Å². The van der Waals surface area contributed by atoms with Crippen molar-refractivity contribution in [2.24, 2.45) is 0 Å². The number of amides is 1. The Kier molecular flexibility index (Phi) is 6.60. The Bertz CT molecular complexity index is 651. The van der Waals surface area contributed by atoms with Gasteiger partial charge in [0, 0.05) is 6.54 Å². The summed E-state index contributed by atoms with van der Waals surface area (Å²) in [6.45, 7) is 7.31. The first-order chi connectivity index (χ1) is 10.4. The van der Waals surface area contributed by atoms with E-state index >= 15 is 0 Å². The minimum atomic E-state index is -3.55. The predicted molar refractivity (Wildman–Crippen MR) is 88.5 cm³/mol. The normalized spacial score (nSPS) is 13.7. The Labute approximate surface area is 144 Å². The number of alkyl carbamates (subject to hydrolysis) is 1. The van der Waals surface area contributed by atoms with Crippen molar-refractivity contribution < 1.29 is 22.1 Å². The van der Waals surface area contributed by atoms with Crippen molar-refractivity contribution in [2.45, 2.75) is 45.9 Å². The minimum Gasteiger partial charge on any atom is -0.444 e. The number of nitrogens with one attached hydrogen (secondary N) is 1. The number of hydrogen-bond acceptors (Lipinski definition) is 6. The number of rotatable bonds is 6. The fraction of sp³-hybridized carbons (Fsp3) is 0.692. The molecule has 0 aliphatic carbocycles. The first kappa shape index (κ1) is 19.9. The fourth-order valence-electron chi connectivity index (χ4n) is 1.69. The maximum atomic E-state index is 11.7. The lowest BCUT2D eigenvalue weighted by atomic mass is 10.2. The zero-order valence-corrected chi connectivity index (χ0v) is 16.2. The molecule has 1 atom stereocenters. The van der Waals surface area contributed by atoms with Crippen LogP contribution in [0.2, 0.25) is 0 Å². The van der Waals surface area contributed by atoms with Crippen LogP contribution < -0.4 is 5.32 Å². The summed E-state index contributed by atoms with van der Waals surface area (Å²) in [4.78, 5) is 11.7. The monoisotopic (exact) mass is 411 g/mol. The van der Waals surface area contributed by atoms with Gasteiger partial charge in [-0.05, 0) is 49.7 Å². The second-order valence-electron chi connectivity index (χ2n) is 6.10. The first-order valence-corrected chi connectivity index (χ1v) is 9.53. The van der Waals surface area contributed by atoms with Gasteiger partial charge >= 0.3 is 6.09 Å². The molecule has 23 heavy (non-hydrogen) atoms. The lowest BCUT2D eigenvalue weighted by molar-refractivity contribution is 0.0520. The van der Waals surface area contributed by atoms with Crippen molar-refractivity contribution in [3.63, 3.8) is 0 Å². The molecule has 0 saturated carbocycles. The van der Waals surface area contributed by atoms with Gasteiger partial charge in [-0.15, -0.1) is 0 Å². The molecule has 10 heteroatoms. The Morgan fingerprint density at radius 2 is 2.09 bits per heavy atom. The van der Waals surface area contributed by atoms with E-state index in [1.165, 1.54) is 0 Å². The smallest absolute Gasteiger partial charge is 0.407 e. The summed E-state index contributed by atoms with van der Waals surface area (Å²) in [5.74, 6) is 0. The lowest BCUT2D eigenvalue weighted by Crippen LogP contribution is -2.35. The molecule has 0 bridgehead atoms. The topological polar surface area (TPSA) is 99.5 Å². The number of ether oxygens (including phenoxy) is 1.